The van der Waals surface area contributed by atoms with Crippen LogP contribution >= 0.6 is 0 Å². The minimum Gasteiger partial charge on any atom is -0.480 e. The molecule has 0 spiro atoms. The van der Waals surface area contributed by atoms with Crippen LogP contribution in [0.1, 0.15) is 18.1 Å². The molecular formula is C24H24N2O4. The number of amides is 2. The molecule has 0 saturated heterocycles. The number of carbonyl (C=O) groups excluding carboxylic acids is 2. The maximum atomic E-state index is 12.9. The lowest BCUT2D eigenvalue weighted by molar-refractivity contribution is -0.142. The van der Waals surface area contributed by atoms with Crippen LogP contribution in [-0.4, -0.2) is 35.0 Å². The van der Waals surface area contributed by atoms with Gasteiger partial charge in [-0.15, -0.1) is 0 Å². The third-order valence-electron chi connectivity index (χ3n) is 4.90. The molecular weight excluding hydrogens is 380 g/mol. The van der Waals surface area contributed by atoms with Gasteiger partial charge in [-0.1, -0.05) is 72.8 Å². The van der Waals surface area contributed by atoms with E-state index in [1.54, 1.807) is 0 Å². The maximum absolute atomic E-state index is 12.9. The topological polar surface area (TPSA) is 95.5 Å². The molecule has 2 atom stereocenters. The summed E-state index contributed by atoms with van der Waals surface area (Å²) in [5, 5.41) is 16.9. The fraction of sp³-hybridized carbons (Fsp3) is 0.208. The molecule has 0 aliphatic carbocycles. The Hall–Kier alpha value is -3.67. The van der Waals surface area contributed by atoms with E-state index in [-0.39, 0.29) is 18.7 Å². The van der Waals surface area contributed by atoms with Gasteiger partial charge in [0.25, 0.3) is 0 Å². The van der Waals surface area contributed by atoms with Gasteiger partial charge in [-0.3, -0.25) is 9.59 Å². The largest absolute Gasteiger partial charge is 0.480 e. The molecule has 2 amide bonds. The Kier molecular flexibility index (Phi) is 6.80. The van der Waals surface area contributed by atoms with Gasteiger partial charge in [-0.25, -0.2) is 4.79 Å². The summed E-state index contributed by atoms with van der Waals surface area (Å²) in [5.74, 6) is -2.01. The van der Waals surface area contributed by atoms with Gasteiger partial charge >= 0.3 is 5.97 Å². The third-order valence-corrected chi connectivity index (χ3v) is 4.90. The van der Waals surface area contributed by atoms with Crippen LogP contribution in [0.3, 0.4) is 0 Å². The molecule has 30 heavy (non-hydrogen) atoms. The van der Waals surface area contributed by atoms with E-state index in [1.165, 1.54) is 6.92 Å². The van der Waals surface area contributed by atoms with Crippen LogP contribution in [0.15, 0.2) is 72.8 Å². The van der Waals surface area contributed by atoms with E-state index in [4.69, 9.17) is 0 Å². The molecule has 0 saturated carbocycles. The Morgan fingerprint density at radius 2 is 1.47 bits per heavy atom. The Morgan fingerprint density at radius 1 is 0.800 bits per heavy atom. The lowest BCUT2D eigenvalue weighted by atomic mass is 9.98. The fourth-order valence-corrected chi connectivity index (χ4v) is 3.47. The molecule has 3 aromatic carbocycles. The Morgan fingerprint density at radius 3 is 2.17 bits per heavy atom. The number of carboxylic acid groups (broad SMARTS) is 1. The lowest BCUT2D eigenvalue weighted by Gasteiger charge is -2.21. The van der Waals surface area contributed by atoms with E-state index in [0.717, 1.165) is 21.9 Å². The first kappa shape index (κ1) is 21.0. The fourth-order valence-electron chi connectivity index (χ4n) is 3.47. The molecule has 0 bridgehead atoms. The molecule has 3 N–H and O–H groups in total. The monoisotopic (exact) mass is 404 g/mol. The Bertz CT molecular complexity index is 1040. The number of aliphatic carboxylic acids is 1. The average Bonchev–Trinajstić information content (AvgIpc) is 2.73. The molecule has 6 heteroatoms. The van der Waals surface area contributed by atoms with Crippen molar-refractivity contribution < 1.29 is 19.5 Å². The number of hydrogen-bond donors (Lipinski definition) is 3. The lowest BCUT2D eigenvalue weighted by Crippen LogP contribution is -2.52. The van der Waals surface area contributed by atoms with Crippen molar-refractivity contribution in [3.05, 3.63) is 83.9 Å². The molecule has 3 aromatic rings. The van der Waals surface area contributed by atoms with Crippen molar-refractivity contribution in [1.29, 1.82) is 0 Å². The van der Waals surface area contributed by atoms with Gasteiger partial charge in [-0.05, 0) is 21.9 Å². The summed E-state index contributed by atoms with van der Waals surface area (Å²) in [5.41, 5.74) is 1.70. The Balaban J connectivity index is 1.79. The molecule has 0 heterocycles. The first-order valence-corrected chi connectivity index (χ1v) is 9.75. The normalized spacial score (nSPS) is 12.7. The number of benzene rings is 3. The second-order valence-corrected chi connectivity index (χ2v) is 7.18. The molecule has 154 valence electrons. The second-order valence-electron chi connectivity index (χ2n) is 7.18. The van der Waals surface area contributed by atoms with Gasteiger partial charge in [0.05, 0.1) is 0 Å². The number of carbonyl (C=O) groups is 3. The van der Waals surface area contributed by atoms with Crippen molar-refractivity contribution in [1.82, 2.24) is 10.6 Å². The number of hydrogen-bond acceptors (Lipinski definition) is 3. The minimum atomic E-state index is -1.13. The summed E-state index contributed by atoms with van der Waals surface area (Å²) < 4.78 is 0. The zero-order chi connectivity index (χ0) is 21.5. The molecule has 0 unspecified atom stereocenters. The van der Waals surface area contributed by atoms with Crippen LogP contribution in [0.4, 0.5) is 0 Å². The average molecular weight is 404 g/mol. The summed E-state index contributed by atoms with van der Waals surface area (Å²) in [7, 11) is 0. The highest BCUT2D eigenvalue weighted by Crippen LogP contribution is 2.20. The molecule has 6 nitrogen and oxygen atoms in total. The molecule has 0 aliphatic rings. The highest BCUT2D eigenvalue weighted by Gasteiger charge is 2.26. The third kappa shape index (κ3) is 5.44. The smallest absolute Gasteiger partial charge is 0.326 e. The highest BCUT2D eigenvalue weighted by molar-refractivity contribution is 5.91. The van der Waals surface area contributed by atoms with E-state index in [2.05, 4.69) is 10.6 Å². The van der Waals surface area contributed by atoms with Crippen LogP contribution < -0.4 is 10.6 Å². The van der Waals surface area contributed by atoms with Gasteiger partial charge in [0, 0.05) is 19.8 Å². The second kappa shape index (κ2) is 9.69. The first-order valence-electron chi connectivity index (χ1n) is 9.75. The standard InChI is InChI=1S/C24H24N2O4/c1-16(27)25-21(14-17-8-3-2-4-9-17)23(28)26-22(24(29)30)15-19-12-7-11-18-10-5-6-13-20(18)19/h2-13,21-22H,14-15H2,1H3,(H,25,27)(H,26,28)(H,29,30)/t21-,22+/m0/s1. The molecule has 0 aromatic heterocycles. The van der Waals surface area contributed by atoms with Gasteiger partial charge in [0.15, 0.2) is 0 Å². The first-order chi connectivity index (χ1) is 14.4. The van der Waals surface area contributed by atoms with Crippen LogP contribution in [0, 0.1) is 0 Å². The quantitative estimate of drug-likeness (QED) is 0.538. The number of rotatable bonds is 8. The van der Waals surface area contributed by atoms with E-state index in [0.29, 0.717) is 0 Å². The Labute approximate surface area is 174 Å². The summed E-state index contributed by atoms with van der Waals surface area (Å²) in [6.45, 7) is 1.33. The van der Waals surface area contributed by atoms with Crippen LogP contribution in [0.2, 0.25) is 0 Å². The van der Waals surface area contributed by atoms with Crippen LogP contribution in [-0.2, 0) is 27.2 Å². The van der Waals surface area contributed by atoms with Gasteiger partial charge in [-0.2, -0.15) is 0 Å². The minimum absolute atomic E-state index is 0.139. The molecule has 0 radical (unpaired) electrons. The summed E-state index contributed by atoms with van der Waals surface area (Å²) in [6, 6.07) is 20.7. The van der Waals surface area contributed by atoms with Gasteiger partial charge in [0.2, 0.25) is 11.8 Å². The highest BCUT2D eigenvalue weighted by atomic mass is 16.4. The molecule has 0 fully saturated rings. The van der Waals surface area contributed by atoms with E-state index in [9.17, 15) is 19.5 Å². The van der Waals surface area contributed by atoms with Crippen LogP contribution in [0.5, 0.6) is 0 Å². The van der Waals surface area contributed by atoms with E-state index < -0.39 is 24.0 Å². The predicted octanol–water partition coefficient (Wildman–Crippen LogP) is 2.70. The van der Waals surface area contributed by atoms with Crippen LogP contribution in [0.25, 0.3) is 10.8 Å². The number of nitrogens with one attached hydrogen (secondary N) is 2. The summed E-state index contributed by atoms with van der Waals surface area (Å²) in [4.78, 5) is 36.3. The van der Waals surface area contributed by atoms with Gasteiger partial charge < -0.3 is 15.7 Å². The van der Waals surface area contributed by atoms with Crippen molar-refractivity contribution in [2.75, 3.05) is 0 Å². The number of carboxylic acids is 1. The van der Waals surface area contributed by atoms with Crippen molar-refractivity contribution in [3.63, 3.8) is 0 Å². The van der Waals surface area contributed by atoms with Crippen molar-refractivity contribution in [2.24, 2.45) is 0 Å². The SMILES string of the molecule is CC(=O)N[C@@H](Cc1ccccc1)C(=O)N[C@H](Cc1cccc2ccccc12)C(=O)O. The molecule has 3 rings (SSSR count). The maximum Gasteiger partial charge on any atom is 0.326 e. The van der Waals surface area contributed by atoms with Gasteiger partial charge in [0.1, 0.15) is 12.1 Å². The van der Waals surface area contributed by atoms with Crippen molar-refractivity contribution in [2.45, 2.75) is 31.8 Å². The molecule has 0 aliphatic heterocycles. The van der Waals surface area contributed by atoms with E-state index >= 15 is 0 Å². The zero-order valence-electron chi connectivity index (χ0n) is 16.7. The zero-order valence-corrected chi connectivity index (χ0v) is 16.7. The van der Waals surface area contributed by atoms with Crippen molar-refractivity contribution >= 4 is 28.6 Å². The summed E-state index contributed by atoms with van der Waals surface area (Å²) in [6.07, 6.45) is 0.410. The predicted molar refractivity (Wildman–Crippen MR) is 115 cm³/mol. The van der Waals surface area contributed by atoms with Crippen molar-refractivity contribution in [3.8, 4) is 0 Å². The number of fused-ring (bicyclic) bond motifs is 1. The van der Waals surface area contributed by atoms with E-state index in [1.807, 2.05) is 72.8 Å². The summed E-state index contributed by atoms with van der Waals surface area (Å²) >= 11 is 0.